The van der Waals surface area contributed by atoms with E-state index in [0.29, 0.717) is 6.42 Å². The van der Waals surface area contributed by atoms with E-state index in [-0.39, 0.29) is 17.8 Å². The van der Waals surface area contributed by atoms with Gasteiger partial charge in [0.1, 0.15) is 0 Å². The summed E-state index contributed by atoms with van der Waals surface area (Å²) in [4.78, 5) is 24.3. The highest BCUT2D eigenvalue weighted by Crippen LogP contribution is 2.25. The zero-order valence-electron chi connectivity index (χ0n) is 13.5. The molecule has 0 bridgehead atoms. The molecule has 0 aromatic heterocycles. The maximum absolute atomic E-state index is 12.2. The van der Waals surface area contributed by atoms with Gasteiger partial charge in [-0.25, -0.2) is 0 Å². The summed E-state index contributed by atoms with van der Waals surface area (Å²) in [5, 5.41) is 2.85. The van der Waals surface area contributed by atoms with Gasteiger partial charge < -0.3 is 10.1 Å². The normalized spacial score (nSPS) is 20.7. The van der Waals surface area contributed by atoms with E-state index in [0.717, 1.165) is 31.4 Å². The SMILES string of the molecule is C[C@@H](OC(=O)[C@@H]1CC=CCC1)C(=O)Nc1ccc2c(c1)CCC2. The number of fused-ring (bicyclic) bond motifs is 1. The van der Waals surface area contributed by atoms with Crippen molar-refractivity contribution < 1.29 is 14.3 Å². The molecule has 0 fully saturated rings. The Morgan fingerprint density at radius 2 is 2.04 bits per heavy atom. The van der Waals surface area contributed by atoms with Gasteiger partial charge in [-0.1, -0.05) is 18.2 Å². The Morgan fingerprint density at radius 1 is 1.22 bits per heavy atom. The van der Waals surface area contributed by atoms with Crippen LogP contribution in [0, 0.1) is 5.92 Å². The van der Waals surface area contributed by atoms with Crippen LogP contribution >= 0.6 is 0 Å². The van der Waals surface area contributed by atoms with Gasteiger partial charge >= 0.3 is 5.97 Å². The number of hydrogen-bond acceptors (Lipinski definition) is 3. The number of amides is 1. The van der Waals surface area contributed by atoms with Crippen LogP contribution in [0.3, 0.4) is 0 Å². The molecule has 2 atom stereocenters. The number of carbonyl (C=O) groups excluding carboxylic acids is 2. The van der Waals surface area contributed by atoms with Gasteiger partial charge in [-0.2, -0.15) is 0 Å². The van der Waals surface area contributed by atoms with Crippen molar-refractivity contribution in [2.24, 2.45) is 5.92 Å². The van der Waals surface area contributed by atoms with E-state index in [2.05, 4.69) is 17.5 Å². The van der Waals surface area contributed by atoms with Gasteiger partial charge in [0.05, 0.1) is 5.92 Å². The van der Waals surface area contributed by atoms with Crippen LogP contribution in [0.15, 0.2) is 30.4 Å². The first kappa shape index (κ1) is 15.8. The molecule has 23 heavy (non-hydrogen) atoms. The van der Waals surface area contributed by atoms with E-state index >= 15 is 0 Å². The molecule has 1 aromatic rings. The molecule has 0 saturated heterocycles. The van der Waals surface area contributed by atoms with Crippen molar-refractivity contribution in [3.8, 4) is 0 Å². The number of aryl methyl sites for hydroxylation is 2. The van der Waals surface area contributed by atoms with Gasteiger partial charge in [0, 0.05) is 5.69 Å². The van der Waals surface area contributed by atoms with Gasteiger partial charge in [0.2, 0.25) is 0 Å². The van der Waals surface area contributed by atoms with Crippen LogP contribution in [0.5, 0.6) is 0 Å². The van der Waals surface area contributed by atoms with Gasteiger partial charge in [-0.15, -0.1) is 0 Å². The molecule has 0 unspecified atom stereocenters. The second-order valence-electron chi connectivity index (χ2n) is 6.39. The number of carbonyl (C=O) groups is 2. The Bertz CT molecular complexity index is 636. The summed E-state index contributed by atoms with van der Waals surface area (Å²) in [6, 6.07) is 6.02. The molecule has 1 amide bonds. The van der Waals surface area contributed by atoms with Crippen LogP contribution in [0.25, 0.3) is 0 Å². The van der Waals surface area contributed by atoms with Crippen molar-refractivity contribution in [2.75, 3.05) is 5.32 Å². The molecule has 122 valence electrons. The molecule has 0 aliphatic heterocycles. The molecule has 2 aliphatic carbocycles. The second kappa shape index (κ2) is 6.99. The number of ether oxygens (including phenoxy) is 1. The second-order valence-corrected chi connectivity index (χ2v) is 6.39. The van der Waals surface area contributed by atoms with E-state index in [1.165, 1.54) is 17.5 Å². The molecule has 0 radical (unpaired) electrons. The summed E-state index contributed by atoms with van der Waals surface area (Å²) in [5.74, 6) is -0.663. The van der Waals surface area contributed by atoms with Crippen molar-refractivity contribution in [3.05, 3.63) is 41.5 Å². The van der Waals surface area contributed by atoms with E-state index in [9.17, 15) is 9.59 Å². The van der Waals surface area contributed by atoms with Crippen LogP contribution in [0.2, 0.25) is 0 Å². The Hall–Kier alpha value is -2.10. The minimum absolute atomic E-state index is 0.116. The number of benzene rings is 1. The topological polar surface area (TPSA) is 55.4 Å². The van der Waals surface area contributed by atoms with E-state index in [1.54, 1.807) is 6.92 Å². The average Bonchev–Trinajstić information content (AvgIpc) is 3.03. The van der Waals surface area contributed by atoms with Crippen molar-refractivity contribution in [3.63, 3.8) is 0 Å². The van der Waals surface area contributed by atoms with Crippen molar-refractivity contribution >= 4 is 17.6 Å². The van der Waals surface area contributed by atoms with E-state index in [4.69, 9.17) is 4.74 Å². The lowest BCUT2D eigenvalue weighted by atomic mass is 9.95. The van der Waals surface area contributed by atoms with Gasteiger partial charge in [0.25, 0.3) is 5.91 Å². The molecule has 4 nitrogen and oxygen atoms in total. The van der Waals surface area contributed by atoms with Crippen LogP contribution in [0.1, 0.15) is 43.7 Å². The highest BCUT2D eigenvalue weighted by atomic mass is 16.5. The van der Waals surface area contributed by atoms with Crippen LogP contribution in [-0.4, -0.2) is 18.0 Å². The third kappa shape index (κ3) is 3.81. The number of rotatable bonds is 4. The number of nitrogens with one attached hydrogen (secondary N) is 1. The molecule has 0 spiro atoms. The monoisotopic (exact) mass is 313 g/mol. The maximum atomic E-state index is 12.2. The molecule has 0 saturated carbocycles. The summed E-state index contributed by atoms with van der Waals surface area (Å²) in [7, 11) is 0. The lowest BCUT2D eigenvalue weighted by Crippen LogP contribution is -2.32. The van der Waals surface area contributed by atoms with E-state index in [1.807, 2.05) is 18.2 Å². The minimum atomic E-state index is -0.776. The quantitative estimate of drug-likeness (QED) is 0.684. The zero-order valence-corrected chi connectivity index (χ0v) is 13.5. The predicted molar refractivity (Wildman–Crippen MR) is 89.1 cm³/mol. The number of anilines is 1. The first-order valence-electron chi connectivity index (χ1n) is 8.41. The fourth-order valence-electron chi connectivity index (χ4n) is 3.23. The van der Waals surface area contributed by atoms with Crippen LogP contribution in [0.4, 0.5) is 5.69 Å². The van der Waals surface area contributed by atoms with Crippen LogP contribution in [-0.2, 0) is 27.2 Å². The number of allylic oxidation sites excluding steroid dienone is 2. The van der Waals surface area contributed by atoms with Gasteiger partial charge in [0.15, 0.2) is 6.10 Å². The largest absolute Gasteiger partial charge is 0.452 e. The lowest BCUT2D eigenvalue weighted by molar-refractivity contribution is -0.157. The van der Waals surface area contributed by atoms with Crippen LogP contribution < -0.4 is 5.32 Å². The first-order valence-corrected chi connectivity index (χ1v) is 8.41. The standard InChI is InChI=1S/C19H23NO3/c1-13(23-19(22)15-6-3-2-4-7-15)18(21)20-17-11-10-14-8-5-9-16(14)12-17/h2-3,10-13,15H,4-9H2,1H3,(H,20,21)/t13-,15-/m1/s1. The summed E-state index contributed by atoms with van der Waals surface area (Å²) >= 11 is 0. The maximum Gasteiger partial charge on any atom is 0.310 e. The summed E-state index contributed by atoms with van der Waals surface area (Å²) in [6.45, 7) is 1.62. The lowest BCUT2D eigenvalue weighted by Gasteiger charge is -2.19. The van der Waals surface area contributed by atoms with Gasteiger partial charge in [-0.05, 0) is 68.7 Å². The molecule has 0 heterocycles. The van der Waals surface area contributed by atoms with Crippen molar-refractivity contribution in [2.45, 2.75) is 51.6 Å². The highest BCUT2D eigenvalue weighted by molar-refractivity contribution is 5.95. The number of hydrogen-bond donors (Lipinski definition) is 1. The zero-order chi connectivity index (χ0) is 16.2. The smallest absolute Gasteiger partial charge is 0.310 e. The fraction of sp³-hybridized carbons (Fsp3) is 0.474. The number of esters is 1. The molecule has 3 rings (SSSR count). The van der Waals surface area contributed by atoms with Crippen molar-refractivity contribution in [1.82, 2.24) is 0 Å². The minimum Gasteiger partial charge on any atom is -0.452 e. The Balaban J connectivity index is 1.55. The third-order valence-corrected chi connectivity index (χ3v) is 4.63. The molecule has 2 aliphatic rings. The molecular weight excluding hydrogens is 290 g/mol. The van der Waals surface area contributed by atoms with Gasteiger partial charge in [-0.3, -0.25) is 9.59 Å². The molecule has 1 N–H and O–H groups in total. The fourth-order valence-corrected chi connectivity index (χ4v) is 3.23. The summed E-state index contributed by atoms with van der Waals surface area (Å²) < 4.78 is 5.33. The Labute approximate surface area is 136 Å². The molecule has 4 heteroatoms. The third-order valence-electron chi connectivity index (χ3n) is 4.63. The van der Waals surface area contributed by atoms with Crippen molar-refractivity contribution in [1.29, 1.82) is 0 Å². The Morgan fingerprint density at radius 3 is 2.83 bits per heavy atom. The Kier molecular flexibility index (Phi) is 4.79. The molecule has 1 aromatic carbocycles. The predicted octanol–water partition coefficient (Wildman–Crippen LogP) is 3.40. The highest BCUT2D eigenvalue weighted by Gasteiger charge is 2.25. The average molecular weight is 313 g/mol. The molecular formula is C19H23NO3. The first-order chi connectivity index (χ1) is 11.1. The summed E-state index contributed by atoms with van der Waals surface area (Å²) in [6.07, 6.45) is 9.07. The van der Waals surface area contributed by atoms with E-state index < -0.39 is 6.10 Å². The summed E-state index contributed by atoms with van der Waals surface area (Å²) in [5.41, 5.74) is 3.45.